The van der Waals surface area contributed by atoms with Crippen LogP contribution in [-0.2, 0) is 4.79 Å². The van der Waals surface area contributed by atoms with Crippen LogP contribution >= 0.6 is 27.7 Å². The molecule has 0 aliphatic carbocycles. The number of fused-ring (bicyclic) bond motifs is 3. The molecular weight excluding hydrogens is 459 g/mol. The van der Waals surface area contributed by atoms with Crippen molar-refractivity contribution in [3.8, 4) is 17.1 Å². The molecule has 4 rings (SSSR count). The first-order valence-corrected chi connectivity index (χ1v) is 10.7. The Bertz CT molecular complexity index is 1100. The molecule has 0 unspecified atom stereocenters. The van der Waals surface area contributed by atoms with Gasteiger partial charge in [0.05, 0.1) is 5.69 Å². The lowest BCUT2D eigenvalue weighted by atomic mass is 10.1. The lowest BCUT2D eigenvalue weighted by Gasteiger charge is -2.30. The average Bonchev–Trinajstić information content (AvgIpc) is 2.82. The van der Waals surface area contributed by atoms with Gasteiger partial charge >= 0.3 is 0 Å². The zero-order valence-corrected chi connectivity index (χ0v) is 18.0. The quantitative estimate of drug-likeness (QED) is 0.497. The Kier molecular flexibility index (Phi) is 5.51. The Labute approximate surface area is 179 Å². The Hall–Kier alpha value is -2.52. The number of halogens is 2. The van der Waals surface area contributed by atoms with Crippen LogP contribution < -0.4 is 9.64 Å². The van der Waals surface area contributed by atoms with Crippen LogP contribution in [0.5, 0.6) is 5.88 Å². The molecular formula is C20H16BrFN4O2S. The molecule has 148 valence electrons. The topological polar surface area (TPSA) is 68.2 Å². The Balaban J connectivity index is 1.99. The number of amides is 1. The minimum atomic E-state index is -0.815. The van der Waals surface area contributed by atoms with Crippen LogP contribution in [0.25, 0.3) is 11.3 Å². The molecule has 0 radical (unpaired) electrons. The second-order valence-electron chi connectivity index (χ2n) is 6.22. The number of anilines is 1. The lowest BCUT2D eigenvalue weighted by Crippen LogP contribution is -2.36. The fraction of sp³-hybridized carbons (Fsp3) is 0.200. The number of benzene rings is 2. The maximum absolute atomic E-state index is 14.1. The maximum Gasteiger partial charge on any atom is 0.247 e. The fourth-order valence-electron chi connectivity index (χ4n) is 3.14. The molecule has 1 aliphatic rings. The number of aromatic nitrogens is 3. The van der Waals surface area contributed by atoms with Crippen LogP contribution in [0, 0.1) is 5.82 Å². The molecule has 0 fully saturated rings. The van der Waals surface area contributed by atoms with E-state index in [0.29, 0.717) is 22.1 Å². The van der Waals surface area contributed by atoms with Gasteiger partial charge in [0.2, 0.25) is 23.2 Å². The van der Waals surface area contributed by atoms with Crippen molar-refractivity contribution in [2.45, 2.75) is 25.2 Å². The normalized spacial score (nSPS) is 15.2. The van der Waals surface area contributed by atoms with Crippen molar-refractivity contribution in [1.82, 2.24) is 15.2 Å². The largest absolute Gasteiger partial charge is 0.447 e. The van der Waals surface area contributed by atoms with Crippen molar-refractivity contribution >= 4 is 39.3 Å². The summed E-state index contributed by atoms with van der Waals surface area (Å²) < 4.78 is 21.1. The minimum absolute atomic E-state index is 0.201. The second-order valence-corrected chi connectivity index (χ2v) is 8.31. The van der Waals surface area contributed by atoms with Gasteiger partial charge in [-0.25, -0.2) is 4.39 Å². The fourth-order valence-corrected chi connectivity index (χ4v) is 4.13. The predicted molar refractivity (Wildman–Crippen MR) is 112 cm³/mol. The molecule has 0 spiro atoms. The van der Waals surface area contributed by atoms with E-state index < -0.39 is 12.0 Å². The Morgan fingerprint density at radius 1 is 1.28 bits per heavy atom. The van der Waals surface area contributed by atoms with Crippen LogP contribution in [0.1, 0.15) is 25.6 Å². The van der Waals surface area contributed by atoms with E-state index in [2.05, 4.69) is 31.1 Å². The van der Waals surface area contributed by atoms with Crippen molar-refractivity contribution in [2.75, 3.05) is 10.7 Å². The molecule has 0 N–H and O–H groups in total. The van der Waals surface area contributed by atoms with E-state index in [1.54, 1.807) is 6.07 Å². The predicted octanol–water partition coefficient (Wildman–Crippen LogP) is 5.00. The van der Waals surface area contributed by atoms with E-state index in [1.807, 2.05) is 31.2 Å². The van der Waals surface area contributed by atoms with E-state index in [4.69, 9.17) is 4.74 Å². The summed E-state index contributed by atoms with van der Waals surface area (Å²) in [6, 6.07) is 11.6. The zero-order valence-electron chi connectivity index (χ0n) is 15.6. The van der Waals surface area contributed by atoms with Gasteiger partial charge in [0.15, 0.2) is 5.69 Å². The highest BCUT2D eigenvalue weighted by Crippen LogP contribution is 2.44. The molecule has 6 nitrogen and oxygen atoms in total. The van der Waals surface area contributed by atoms with E-state index in [9.17, 15) is 9.18 Å². The highest BCUT2D eigenvalue weighted by atomic mass is 79.9. The zero-order chi connectivity index (χ0) is 20.5. The van der Waals surface area contributed by atoms with Crippen LogP contribution in [0.2, 0.25) is 0 Å². The smallest absolute Gasteiger partial charge is 0.247 e. The number of carbonyl (C=O) groups is 1. The number of hydrogen-bond donors (Lipinski definition) is 0. The summed E-state index contributed by atoms with van der Waals surface area (Å²) in [5.74, 6) is 0.250. The number of carbonyl (C=O) groups excluding carboxylic acids is 1. The second kappa shape index (κ2) is 8.08. The number of thioether (sulfide) groups is 1. The molecule has 9 heteroatoms. The summed E-state index contributed by atoms with van der Waals surface area (Å²) in [4.78, 5) is 18.7. The number of ether oxygens (including phenoxy) is 1. The van der Waals surface area contributed by atoms with Crippen molar-refractivity contribution in [3.63, 3.8) is 0 Å². The number of nitrogens with zero attached hydrogens (tertiary/aromatic N) is 4. The Morgan fingerprint density at radius 3 is 2.79 bits per heavy atom. The lowest BCUT2D eigenvalue weighted by molar-refractivity contribution is -0.118. The first-order chi connectivity index (χ1) is 14.0. The summed E-state index contributed by atoms with van der Waals surface area (Å²) in [5.41, 5.74) is 1.90. The minimum Gasteiger partial charge on any atom is -0.447 e. The SMILES string of the molecule is CCSc1nnc2c(n1)O[C@@H](c1ccccc1Br)N(C(C)=O)c1ccc(F)cc1-2. The Morgan fingerprint density at radius 2 is 2.07 bits per heavy atom. The van der Waals surface area contributed by atoms with Gasteiger partial charge in [-0.05, 0) is 30.0 Å². The molecule has 0 saturated carbocycles. The van der Waals surface area contributed by atoms with Gasteiger partial charge in [0, 0.05) is 22.5 Å². The van der Waals surface area contributed by atoms with Crippen molar-refractivity contribution in [2.24, 2.45) is 0 Å². The molecule has 2 aromatic carbocycles. The standard InChI is InChI=1S/C20H16BrFN4O2S/c1-3-29-20-23-18-17(24-25-20)14-10-12(22)8-9-16(14)26(11(2)27)19(28-18)13-6-4-5-7-15(13)21/h4-10,19H,3H2,1-2H3/t19-/m0/s1. The summed E-state index contributed by atoms with van der Waals surface area (Å²) in [7, 11) is 0. The third kappa shape index (κ3) is 3.72. The third-order valence-electron chi connectivity index (χ3n) is 4.35. The molecule has 2 heterocycles. The summed E-state index contributed by atoms with van der Waals surface area (Å²) in [5, 5.41) is 8.82. The van der Waals surface area contributed by atoms with Gasteiger partial charge in [-0.1, -0.05) is 52.8 Å². The molecule has 1 aliphatic heterocycles. The van der Waals surface area contributed by atoms with E-state index >= 15 is 0 Å². The summed E-state index contributed by atoms with van der Waals surface area (Å²) >= 11 is 4.95. The molecule has 0 saturated heterocycles. The van der Waals surface area contributed by atoms with Gasteiger partial charge in [-0.15, -0.1) is 10.2 Å². The van der Waals surface area contributed by atoms with Gasteiger partial charge in [-0.3, -0.25) is 9.69 Å². The van der Waals surface area contributed by atoms with Gasteiger partial charge in [0.25, 0.3) is 0 Å². The van der Waals surface area contributed by atoms with Gasteiger partial charge in [0.1, 0.15) is 5.82 Å². The molecule has 1 amide bonds. The number of hydrogen-bond acceptors (Lipinski definition) is 6. The first-order valence-electron chi connectivity index (χ1n) is 8.88. The molecule has 29 heavy (non-hydrogen) atoms. The van der Waals surface area contributed by atoms with Crippen molar-refractivity contribution in [1.29, 1.82) is 0 Å². The van der Waals surface area contributed by atoms with Crippen LogP contribution in [0.15, 0.2) is 52.1 Å². The highest BCUT2D eigenvalue weighted by molar-refractivity contribution is 9.10. The van der Waals surface area contributed by atoms with Crippen LogP contribution in [-0.4, -0.2) is 26.8 Å². The number of rotatable bonds is 3. The third-order valence-corrected chi connectivity index (χ3v) is 5.79. The molecule has 0 bridgehead atoms. The molecule has 1 atom stereocenters. The maximum atomic E-state index is 14.1. The van der Waals surface area contributed by atoms with Crippen LogP contribution in [0.4, 0.5) is 10.1 Å². The van der Waals surface area contributed by atoms with Gasteiger partial charge in [-0.2, -0.15) is 4.98 Å². The van der Waals surface area contributed by atoms with E-state index in [0.717, 1.165) is 15.8 Å². The molecule has 3 aromatic rings. The van der Waals surface area contributed by atoms with E-state index in [-0.39, 0.29) is 11.8 Å². The summed E-state index contributed by atoms with van der Waals surface area (Å²) in [6.45, 7) is 3.42. The first kappa shape index (κ1) is 19.8. The summed E-state index contributed by atoms with van der Waals surface area (Å²) in [6.07, 6.45) is -0.815. The molecule has 1 aromatic heterocycles. The van der Waals surface area contributed by atoms with Crippen molar-refractivity contribution in [3.05, 3.63) is 58.3 Å². The monoisotopic (exact) mass is 474 g/mol. The average molecular weight is 475 g/mol. The van der Waals surface area contributed by atoms with Crippen LogP contribution in [0.3, 0.4) is 0 Å². The highest BCUT2D eigenvalue weighted by Gasteiger charge is 2.35. The van der Waals surface area contributed by atoms with Crippen molar-refractivity contribution < 1.29 is 13.9 Å². The van der Waals surface area contributed by atoms with E-state index in [1.165, 1.54) is 35.7 Å². The van der Waals surface area contributed by atoms with Gasteiger partial charge < -0.3 is 4.74 Å².